The van der Waals surface area contributed by atoms with Crippen LogP contribution in [-0.2, 0) is 9.53 Å². The van der Waals surface area contributed by atoms with E-state index in [-0.39, 0.29) is 23.2 Å². The van der Waals surface area contributed by atoms with Crippen molar-refractivity contribution in [1.82, 2.24) is 5.32 Å². The Hall–Kier alpha value is -3.75. The van der Waals surface area contributed by atoms with E-state index >= 15 is 0 Å². The Labute approximate surface area is 172 Å². The summed E-state index contributed by atoms with van der Waals surface area (Å²) in [6, 6.07) is 11.7. The Kier molecular flexibility index (Phi) is 6.74. The highest BCUT2D eigenvalue weighted by molar-refractivity contribution is 6.04. The van der Waals surface area contributed by atoms with Gasteiger partial charge in [0.15, 0.2) is 6.61 Å². The van der Waals surface area contributed by atoms with E-state index in [1.54, 1.807) is 24.3 Å². The minimum atomic E-state index is -0.860. The van der Waals surface area contributed by atoms with E-state index in [1.807, 2.05) is 0 Å². The van der Waals surface area contributed by atoms with Crippen LogP contribution in [0.2, 0.25) is 0 Å². The molecule has 30 heavy (non-hydrogen) atoms. The molecule has 1 aliphatic carbocycles. The molecule has 0 aliphatic heterocycles. The molecule has 0 unspecified atom stereocenters. The molecular formula is C21H21N3O6. The Balaban J connectivity index is 1.58. The van der Waals surface area contributed by atoms with Crippen molar-refractivity contribution < 1.29 is 24.0 Å². The maximum Gasteiger partial charge on any atom is 0.338 e. The quantitative estimate of drug-likeness (QED) is 0.409. The van der Waals surface area contributed by atoms with Crippen LogP contribution in [0.1, 0.15) is 46.4 Å². The number of carbonyl (C=O) groups excluding carboxylic acids is 3. The van der Waals surface area contributed by atoms with Crippen LogP contribution >= 0.6 is 0 Å². The molecule has 1 fully saturated rings. The van der Waals surface area contributed by atoms with Gasteiger partial charge >= 0.3 is 5.97 Å². The fourth-order valence-corrected chi connectivity index (χ4v) is 3.27. The van der Waals surface area contributed by atoms with Crippen LogP contribution in [0, 0.1) is 10.1 Å². The molecule has 0 heterocycles. The third-order valence-electron chi connectivity index (χ3n) is 4.76. The standard InChI is InChI=1S/C21H21N3O6/c25-19(13-30-21(27)14-6-5-9-16(12-14)24(28)29)23-18-11-4-3-10-17(18)20(26)22-15-7-1-2-8-15/h3-6,9-12,15H,1-2,7-8,13H2,(H,22,26)(H,23,25). The number of nitrogens with zero attached hydrogens (tertiary/aromatic N) is 1. The van der Waals surface area contributed by atoms with E-state index in [9.17, 15) is 24.5 Å². The van der Waals surface area contributed by atoms with Crippen molar-refractivity contribution in [2.24, 2.45) is 0 Å². The molecular weight excluding hydrogens is 390 g/mol. The number of rotatable bonds is 7. The molecule has 156 valence electrons. The van der Waals surface area contributed by atoms with E-state index in [4.69, 9.17) is 4.74 Å². The molecule has 0 spiro atoms. The second-order valence-corrected chi connectivity index (χ2v) is 6.93. The summed E-state index contributed by atoms with van der Waals surface area (Å²) >= 11 is 0. The second-order valence-electron chi connectivity index (χ2n) is 6.93. The van der Waals surface area contributed by atoms with Gasteiger partial charge in [-0.3, -0.25) is 19.7 Å². The lowest BCUT2D eigenvalue weighted by atomic mass is 10.1. The average Bonchev–Trinajstić information content (AvgIpc) is 3.25. The topological polar surface area (TPSA) is 128 Å². The van der Waals surface area contributed by atoms with Gasteiger partial charge in [0.05, 0.1) is 21.7 Å². The van der Waals surface area contributed by atoms with E-state index in [0.717, 1.165) is 31.7 Å². The van der Waals surface area contributed by atoms with Crippen molar-refractivity contribution in [3.05, 3.63) is 69.8 Å². The number of hydrogen-bond donors (Lipinski definition) is 2. The monoisotopic (exact) mass is 411 g/mol. The SMILES string of the molecule is O=C(COC(=O)c1cccc([N+](=O)[O-])c1)Nc1ccccc1C(=O)NC1CCCC1. The summed E-state index contributed by atoms with van der Waals surface area (Å²) in [5, 5.41) is 16.3. The van der Waals surface area contributed by atoms with Gasteiger partial charge in [-0.15, -0.1) is 0 Å². The van der Waals surface area contributed by atoms with Crippen LogP contribution in [0.4, 0.5) is 11.4 Å². The Bertz CT molecular complexity index is 969. The molecule has 0 bridgehead atoms. The van der Waals surface area contributed by atoms with E-state index in [1.165, 1.54) is 18.2 Å². The Morgan fingerprint density at radius 3 is 2.53 bits per heavy atom. The number of non-ortho nitro benzene ring substituents is 1. The third-order valence-corrected chi connectivity index (χ3v) is 4.76. The molecule has 2 aromatic rings. The van der Waals surface area contributed by atoms with Crippen LogP contribution in [0.15, 0.2) is 48.5 Å². The number of anilines is 1. The highest BCUT2D eigenvalue weighted by Gasteiger charge is 2.20. The molecule has 0 atom stereocenters. The van der Waals surface area contributed by atoms with Crippen LogP contribution in [0.3, 0.4) is 0 Å². The summed E-state index contributed by atoms with van der Waals surface area (Å²) in [6.07, 6.45) is 4.04. The van der Waals surface area contributed by atoms with Crippen molar-refractivity contribution in [3.8, 4) is 0 Å². The molecule has 0 aromatic heterocycles. The molecule has 2 N–H and O–H groups in total. The number of para-hydroxylation sites is 1. The molecule has 1 aliphatic rings. The summed E-state index contributed by atoms with van der Waals surface area (Å²) in [6.45, 7) is -0.597. The van der Waals surface area contributed by atoms with E-state index < -0.39 is 23.4 Å². The van der Waals surface area contributed by atoms with Gasteiger partial charge in [0.25, 0.3) is 17.5 Å². The van der Waals surface area contributed by atoms with Crippen molar-refractivity contribution in [3.63, 3.8) is 0 Å². The van der Waals surface area contributed by atoms with E-state index in [0.29, 0.717) is 11.3 Å². The van der Waals surface area contributed by atoms with E-state index in [2.05, 4.69) is 10.6 Å². The first-order chi connectivity index (χ1) is 14.4. The largest absolute Gasteiger partial charge is 0.452 e. The van der Waals surface area contributed by atoms with Gasteiger partial charge in [-0.1, -0.05) is 31.0 Å². The predicted octanol–water partition coefficient (Wildman–Crippen LogP) is 3.06. The fraction of sp³-hybridized carbons (Fsp3) is 0.286. The zero-order chi connectivity index (χ0) is 21.5. The summed E-state index contributed by atoms with van der Waals surface area (Å²) < 4.78 is 4.93. The molecule has 0 radical (unpaired) electrons. The first-order valence-corrected chi connectivity index (χ1v) is 9.55. The van der Waals surface area contributed by atoms with Crippen molar-refractivity contribution in [2.45, 2.75) is 31.7 Å². The number of ether oxygens (including phenoxy) is 1. The maximum atomic E-state index is 12.5. The highest BCUT2D eigenvalue weighted by atomic mass is 16.6. The number of nitro groups is 1. The molecule has 0 saturated heterocycles. The van der Waals surface area contributed by atoms with Gasteiger partial charge in [0.1, 0.15) is 0 Å². The normalized spacial score (nSPS) is 13.5. The lowest BCUT2D eigenvalue weighted by molar-refractivity contribution is -0.384. The van der Waals surface area contributed by atoms with Gasteiger partial charge in [-0.2, -0.15) is 0 Å². The minimum Gasteiger partial charge on any atom is -0.452 e. The molecule has 3 rings (SSSR count). The molecule has 9 heteroatoms. The second kappa shape index (κ2) is 9.64. The number of amides is 2. The van der Waals surface area contributed by atoms with Gasteiger partial charge in [-0.05, 0) is 31.0 Å². The van der Waals surface area contributed by atoms with Crippen molar-refractivity contribution in [1.29, 1.82) is 0 Å². The zero-order valence-electron chi connectivity index (χ0n) is 16.1. The fourth-order valence-electron chi connectivity index (χ4n) is 3.27. The van der Waals surface area contributed by atoms with Gasteiger partial charge in [0.2, 0.25) is 0 Å². The van der Waals surface area contributed by atoms with Gasteiger partial charge < -0.3 is 15.4 Å². The van der Waals surface area contributed by atoms with Crippen molar-refractivity contribution in [2.75, 3.05) is 11.9 Å². The predicted molar refractivity (Wildman–Crippen MR) is 108 cm³/mol. The Morgan fingerprint density at radius 1 is 1.07 bits per heavy atom. The molecule has 2 amide bonds. The molecule has 2 aromatic carbocycles. The minimum absolute atomic E-state index is 0.0339. The number of nitro benzene ring substituents is 1. The number of esters is 1. The van der Waals surface area contributed by atoms with Gasteiger partial charge in [-0.25, -0.2) is 4.79 Å². The van der Waals surface area contributed by atoms with Crippen molar-refractivity contribution >= 4 is 29.2 Å². The lowest BCUT2D eigenvalue weighted by Crippen LogP contribution is -2.33. The summed E-state index contributed by atoms with van der Waals surface area (Å²) in [5.74, 6) is -1.76. The third kappa shape index (κ3) is 5.40. The smallest absolute Gasteiger partial charge is 0.338 e. The number of benzene rings is 2. The molecule has 1 saturated carbocycles. The van der Waals surface area contributed by atoms with Crippen LogP contribution < -0.4 is 10.6 Å². The summed E-state index contributed by atoms with van der Waals surface area (Å²) in [4.78, 5) is 47.0. The molecule has 9 nitrogen and oxygen atoms in total. The van der Waals surface area contributed by atoms with Crippen LogP contribution in [0.5, 0.6) is 0 Å². The van der Waals surface area contributed by atoms with Crippen LogP contribution in [-0.4, -0.2) is 35.4 Å². The highest BCUT2D eigenvalue weighted by Crippen LogP contribution is 2.20. The number of nitrogens with one attached hydrogen (secondary N) is 2. The average molecular weight is 411 g/mol. The Morgan fingerprint density at radius 2 is 1.80 bits per heavy atom. The summed E-state index contributed by atoms with van der Waals surface area (Å²) in [7, 11) is 0. The zero-order valence-corrected chi connectivity index (χ0v) is 16.1. The maximum absolute atomic E-state index is 12.5. The van der Waals surface area contributed by atoms with Crippen LogP contribution in [0.25, 0.3) is 0 Å². The lowest BCUT2D eigenvalue weighted by Gasteiger charge is -2.15. The first kappa shape index (κ1) is 21.0. The summed E-state index contributed by atoms with van der Waals surface area (Å²) in [5.41, 5.74) is 0.344. The number of carbonyl (C=O) groups is 3. The van der Waals surface area contributed by atoms with Gasteiger partial charge in [0, 0.05) is 18.2 Å². The first-order valence-electron chi connectivity index (χ1n) is 9.55. The number of hydrogen-bond acceptors (Lipinski definition) is 6.